The van der Waals surface area contributed by atoms with E-state index in [2.05, 4.69) is 0 Å². The Labute approximate surface area is 122 Å². The van der Waals surface area contributed by atoms with Crippen molar-refractivity contribution in [1.29, 1.82) is 5.41 Å². The van der Waals surface area contributed by atoms with Crippen LogP contribution in [0.15, 0.2) is 48.5 Å². The van der Waals surface area contributed by atoms with E-state index in [1.165, 1.54) is 0 Å². The van der Waals surface area contributed by atoms with Crippen molar-refractivity contribution in [1.82, 2.24) is 0 Å². The molecule has 17 heavy (non-hydrogen) atoms. The normalized spacial score (nSPS) is 9.47. The van der Waals surface area contributed by atoms with E-state index >= 15 is 0 Å². The van der Waals surface area contributed by atoms with E-state index in [1.54, 1.807) is 0 Å². The highest BCUT2D eigenvalue weighted by molar-refractivity contribution is 14.0. The monoisotopic (exact) mass is 358 g/mol. The van der Waals surface area contributed by atoms with Crippen LogP contribution in [0.3, 0.4) is 0 Å². The van der Waals surface area contributed by atoms with Crippen molar-refractivity contribution >= 4 is 41.4 Å². The number of hydrogen-bond acceptors (Lipinski definition) is 1. The summed E-state index contributed by atoms with van der Waals surface area (Å²) in [6.07, 6.45) is 0. The zero-order valence-electron chi connectivity index (χ0n) is 8.98. The largest absolute Gasteiger partial charge is 0.384 e. The molecule has 0 amide bonds. The smallest absolute Gasteiger partial charge is 0.123 e. The Balaban J connectivity index is 0.00000144. The van der Waals surface area contributed by atoms with Crippen LogP contribution in [0.5, 0.6) is 0 Å². The first-order valence-corrected chi connectivity index (χ1v) is 5.25. The molecule has 0 aliphatic carbocycles. The number of nitrogen functional groups attached to an aromatic ring is 1. The summed E-state index contributed by atoms with van der Waals surface area (Å²) in [4.78, 5) is 0. The minimum atomic E-state index is 0. The van der Waals surface area contributed by atoms with Gasteiger partial charge in [-0.1, -0.05) is 48.0 Å². The molecule has 0 atom stereocenters. The minimum absolute atomic E-state index is 0. The van der Waals surface area contributed by atoms with E-state index in [4.69, 9.17) is 22.7 Å². The topological polar surface area (TPSA) is 49.9 Å². The molecule has 0 fully saturated rings. The number of hydrogen-bond donors (Lipinski definition) is 2. The van der Waals surface area contributed by atoms with Crippen LogP contribution in [0.4, 0.5) is 0 Å². The standard InChI is InChI=1S/C13H11ClN2.HI/c14-10-7-5-9(6-8-10)11-3-1-2-4-12(11)13(15)16;/h1-8H,(H3,15,16);1H. The quantitative estimate of drug-likeness (QED) is 0.477. The lowest BCUT2D eigenvalue weighted by atomic mass is 9.99. The van der Waals surface area contributed by atoms with Crippen molar-refractivity contribution in [2.75, 3.05) is 0 Å². The van der Waals surface area contributed by atoms with Gasteiger partial charge < -0.3 is 5.73 Å². The maximum atomic E-state index is 7.52. The average molecular weight is 359 g/mol. The molecule has 2 nitrogen and oxygen atoms in total. The highest BCUT2D eigenvalue weighted by Gasteiger charge is 2.06. The minimum Gasteiger partial charge on any atom is -0.384 e. The molecule has 0 aliphatic rings. The zero-order valence-corrected chi connectivity index (χ0v) is 12.1. The summed E-state index contributed by atoms with van der Waals surface area (Å²) in [5, 5.41) is 8.22. The van der Waals surface area contributed by atoms with Crippen LogP contribution in [0.25, 0.3) is 11.1 Å². The molecule has 4 heteroatoms. The van der Waals surface area contributed by atoms with E-state index in [-0.39, 0.29) is 29.8 Å². The second kappa shape index (κ2) is 6.02. The summed E-state index contributed by atoms with van der Waals surface area (Å²) in [5.74, 6) is 0.0746. The molecular weight excluding hydrogens is 347 g/mol. The van der Waals surface area contributed by atoms with Gasteiger partial charge in [0.2, 0.25) is 0 Å². The van der Waals surface area contributed by atoms with Crippen LogP contribution < -0.4 is 5.73 Å². The first-order valence-electron chi connectivity index (χ1n) is 4.88. The van der Waals surface area contributed by atoms with Crippen molar-refractivity contribution < 1.29 is 0 Å². The number of halogens is 2. The lowest BCUT2D eigenvalue weighted by Gasteiger charge is -2.07. The number of rotatable bonds is 2. The second-order valence-electron chi connectivity index (χ2n) is 3.47. The average Bonchev–Trinajstić information content (AvgIpc) is 2.30. The summed E-state index contributed by atoms with van der Waals surface area (Å²) in [5.41, 5.74) is 8.24. The molecule has 2 aromatic carbocycles. The fraction of sp³-hybridized carbons (Fsp3) is 0. The first-order chi connectivity index (χ1) is 7.68. The third-order valence-corrected chi connectivity index (χ3v) is 2.62. The molecule has 0 aliphatic heterocycles. The van der Waals surface area contributed by atoms with Crippen LogP contribution >= 0.6 is 35.6 Å². The van der Waals surface area contributed by atoms with Gasteiger partial charge in [0.25, 0.3) is 0 Å². The van der Waals surface area contributed by atoms with Crippen LogP contribution in [0.2, 0.25) is 5.02 Å². The van der Waals surface area contributed by atoms with Crippen molar-refractivity contribution in [3.8, 4) is 11.1 Å². The highest BCUT2D eigenvalue weighted by Crippen LogP contribution is 2.24. The molecule has 3 N–H and O–H groups in total. The third-order valence-electron chi connectivity index (χ3n) is 2.37. The summed E-state index contributed by atoms with van der Waals surface area (Å²) in [6.45, 7) is 0. The van der Waals surface area contributed by atoms with E-state index in [0.29, 0.717) is 5.02 Å². The Hall–Kier alpha value is -1.07. The molecule has 0 radical (unpaired) electrons. The molecule has 2 aromatic rings. The van der Waals surface area contributed by atoms with Crippen molar-refractivity contribution in [3.63, 3.8) is 0 Å². The van der Waals surface area contributed by atoms with Gasteiger partial charge in [-0.15, -0.1) is 24.0 Å². The van der Waals surface area contributed by atoms with E-state index < -0.39 is 0 Å². The predicted molar refractivity (Wildman–Crippen MR) is 83.3 cm³/mol. The molecule has 0 unspecified atom stereocenters. The van der Waals surface area contributed by atoms with Gasteiger partial charge in [-0.25, -0.2) is 0 Å². The molecule has 0 spiro atoms. The Morgan fingerprint density at radius 1 is 1.00 bits per heavy atom. The lowest BCUT2D eigenvalue weighted by Crippen LogP contribution is -2.12. The molecule has 0 heterocycles. The number of benzene rings is 2. The fourth-order valence-electron chi connectivity index (χ4n) is 1.60. The Bertz CT molecular complexity index is 523. The molecule has 2 rings (SSSR count). The SMILES string of the molecule is I.N=C(N)c1ccccc1-c1ccc(Cl)cc1. The molecule has 0 bridgehead atoms. The lowest BCUT2D eigenvalue weighted by molar-refractivity contribution is 1.42. The van der Waals surface area contributed by atoms with Gasteiger partial charge in [-0.2, -0.15) is 0 Å². The van der Waals surface area contributed by atoms with Crippen LogP contribution in [0.1, 0.15) is 5.56 Å². The number of amidine groups is 1. The zero-order chi connectivity index (χ0) is 11.5. The fourth-order valence-corrected chi connectivity index (χ4v) is 1.73. The Morgan fingerprint density at radius 3 is 2.18 bits per heavy atom. The maximum Gasteiger partial charge on any atom is 0.123 e. The predicted octanol–water partition coefficient (Wildman–Crippen LogP) is 3.91. The van der Waals surface area contributed by atoms with Crippen molar-refractivity contribution in [3.05, 3.63) is 59.1 Å². The summed E-state index contributed by atoms with van der Waals surface area (Å²) >= 11 is 5.83. The molecule has 0 saturated carbocycles. The number of nitrogens with two attached hydrogens (primary N) is 1. The van der Waals surface area contributed by atoms with Crippen molar-refractivity contribution in [2.45, 2.75) is 0 Å². The molecule has 0 aromatic heterocycles. The van der Waals surface area contributed by atoms with E-state index in [0.717, 1.165) is 16.7 Å². The van der Waals surface area contributed by atoms with Crippen LogP contribution in [-0.2, 0) is 0 Å². The second-order valence-corrected chi connectivity index (χ2v) is 3.90. The molecule has 88 valence electrons. The van der Waals surface area contributed by atoms with Gasteiger partial charge in [0, 0.05) is 10.6 Å². The van der Waals surface area contributed by atoms with Gasteiger partial charge in [0.15, 0.2) is 0 Å². The first kappa shape index (κ1) is 14.0. The van der Waals surface area contributed by atoms with Crippen molar-refractivity contribution in [2.24, 2.45) is 5.73 Å². The van der Waals surface area contributed by atoms with Gasteiger partial charge in [0.1, 0.15) is 5.84 Å². The Morgan fingerprint density at radius 2 is 1.59 bits per heavy atom. The van der Waals surface area contributed by atoms with Gasteiger partial charge in [0.05, 0.1) is 0 Å². The van der Waals surface area contributed by atoms with Gasteiger partial charge in [-0.3, -0.25) is 5.41 Å². The third kappa shape index (κ3) is 3.20. The summed E-state index contributed by atoms with van der Waals surface area (Å²) < 4.78 is 0. The van der Waals surface area contributed by atoms with Crippen LogP contribution in [0, 0.1) is 5.41 Å². The molecule has 0 saturated heterocycles. The highest BCUT2D eigenvalue weighted by atomic mass is 127. The maximum absolute atomic E-state index is 7.52. The number of nitrogens with one attached hydrogen (secondary N) is 1. The van der Waals surface area contributed by atoms with Crippen LogP contribution in [-0.4, -0.2) is 5.84 Å². The Kier molecular flexibility index (Phi) is 4.96. The summed E-state index contributed by atoms with van der Waals surface area (Å²) in [7, 11) is 0. The van der Waals surface area contributed by atoms with Gasteiger partial charge >= 0.3 is 0 Å². The van der Waals surface area contributed by atoms with E-state index in [1.807, 2.05) is 48.5 Å². The van der Waals surface area contributed by atoms with E-state index in [9.17, 15) is 0 Å². The van der Waals surface area contributed by atoms with Gasteiger partial charge in [-0.05, 0) is 23.3 Å². The summed E-state index contributed by atoms with van der Waals surface area (Å²) in [6, 6.07) is 15.1. The molecular formula is C13H12ClIN2.